The minimum Gasteiger partial charge on any atom is -0.495 e. The normalized spacial score (nSPS) is 11.9. The van der Waals surface area contributed by atoms with Gasteiger partial charge in [0.05, 0.1) is 25.8 Å². The number of carbonyl (C=O) groups is 1. The second-order valence-corrected chi connectivity index (χ2v) is 3.75. The predicted octanol–water partition coefficient (Wildman–Crippen LogP) is 2.54. The van der Waals surface area contributed by atoms with Crippen molar-refractivity contribution >= 4 is 5.97 Å². The molecule has 0 amide bonds. The molecule has 1 atom stereocenters. The van der Waals surface area contributed by atoms with Gasteiger partial charge >= 0.3 is 5.97 Å². The summed E-state index contributed by atoms with van der Waals surface area (Å²) in [4.78, 5) is 15.9. The van der Waals surface area contributed by atoms with Crippen LogP contribution in [0.1, 0.15) is 38.2 Å². The Kier molecular flexibility index (Phi) is 5.46. The molecule has 94 valence electrons. The molecule has 0 saturated carbocycles. The van der Waals surface area contributed by atoms with Crippen LogP contribution < -0.4 is 4.74 Å². The standard InChI is InChI=1S/C13H19NO3/c1-4-6-12(13(15)17-5-2)10-7-11(16-3)9-14-8-10/h7-9,12H,4-6H2,1-3H3. The molecule has 1 heterocycles. The first-order chi connectivity index (χ1) is 8.22. The van der Waals surface area contributed by atoms with Crippen LogP contribution in [0, 0.1) is 0 Å². The smallest absolute Gasteiger partial charge is 0.313 e. The van der Waals surface area contributed by atoms with Gasteiger partial charge < -0.3 is 9.47 Å². The molecular weight excluding hydrogens is 218 g/mol. The lowest BCUT2D eigenvalue weighted by Gasteiger charge is -2.15. The third-order valence-corrected chi connectivity index (χ3v) is 2.52. The van der Waals surface area contributed by atoms with E-state index in [0.29, 0.717) is 12.4 Å². The summed E-state index contributed by atoms with van der Waals surface area (Å²) >= 11 is 0. The third kappa shape index (κ3) is 3.73. The summed E-state index contributed by atoms with van der Waals surface area (Å²) in [6.45, 7) is 4.25. The van der Waals surface area contributed by atoms with E-state index in [-0.39, 0.29) is 11.9 Å². The molecule has 17 heavy (non-hydrogen) atoms. The van der Waals surface area contributed by atoms with Gasteiger partial charge in [0.2, 0.25) is 0 Å². The molecule has 1 unspecified atom stereocenters. The molecule has 0 N–H and O–H groups in total. The van der Waals surface area contributed by atoms with Crippen LogP contribution in [0.5, 0.6) is 5.75 Å². The average molecular weight is 237 g/mol. The molecule has 0 aliphatic rings. The van der Waals surface area contributed by atoms with Gasteiger partial charge in [0.25, 0.3) is 0 Å². The average Bonchev–Trinajstić information content (AvgIpc) is 2.36. The van der Waals surface area contributed by atoms with E-state index >= 15 is 0 Å². The number of carbonyl (C=O) groups excluding carboxylic acids is 1. The van der Waals surface area contributed by atoms with Crippen molar-refractivity contribution in [2.45, 2.75) is 32.6 Å². The zero-order valence-corrected chi connectivity index (χ0v) is 10.6. The van der Waals surface area contributed by atoms with E-state index < -0.39 is 0 Å². The Labute approximate surface area is 102 Å². The molecule has 1 aromatic rings. The lowest BCUT2D eigenvalue weighted by molar-refractivity contribution is -0.145. The van der Waals surface area contributed by atoms with Crippen molar-refractivity contribution in [2.24, 2.45) is 0 Å². The highest BCUT2D eigenvalue weighted by molar-refractivity contribution is 5.78. The zero-order chi connectivity index (χ0) is 12.7. The maximum absolute atomic E-state index is 11.8. The van der Waals surface area contributed by atoms with E-state index in [0.717, 1.165) is 18.4 Å². The quantitative estimate of drug-likeness (QED) is 0.713. The van der Waals surface area contributed by atoms with E-state index in [1.807, 2.05) is 19.9 Å². The summed E-state index contributed by atoms with van der Waals surface area (Å²) in [5.41, 5.74) is 0.852. The topological polar surface area (TPSA) is 48.4 Å². The molecule has 0 saturated heterocycles. The fraction of sp³-hybridized carbons (Fsp3) is 0.538. The molecule has 0 aliphatic carbocycles. The van der Waals surface area contributed by atoms with Crippen molar-refractivity contribution in [1.82, 2.24) is 4.98 Å². The van der Waals surface area contributed by atoms with Gasteiger partial charge in [-0.1, -0.05) is 13.3 Å². The molecule has 0 fully saturated rings. The second kappa shape index (κ2) is 6.89. The van der Waals surface area contributed by atoms with E-state index in [9.17, 15) is 4.79 Å². The highest BCUT2D eigenvalue weighted by Crippen LogP contribution is 2.25. The van der Waals surface area contributed by atoms with Crippen LogP contribution in [0.3, 0.4) is 0 Å². The van der Waals surface area contributed by atoms with Gasteiger partial charge in [-0.25, -0.2) is 0 Å². The van der Waals surface area contributed by atoms with Crippen molar-refractivity contribution in [3.05, 3.63) is 24.0 Å². The SMILES string of the molecule is CCCC(C(=O)OCC)c1cncc(OC)c1. The number of aromatic nitrogens is 1. The Morgan fingerprint density at radius 1 is 1.41 bits per heavy atom. The first-order valence-corrected chi connectivity index (χ1v) is 5.88. The first kappa shape index (κ1) is 13.5. The Balaban J connectivity index is 2.91. The highest BCUT2D eigenvalue weighted by atomic mass is 16.5. The van der Waals surface area contributed by atoms with Gasteiger partial charge in [-0.15, -0.1) is 0 Å². The van der Waals surface area contributed by atoms with Crippen LogP contribution in [0.15, 0.2) is 18.5 Å². The van der Waals surface area contributed by atoms with E-state index in [1.165, 1.54) is 0 Å². The monoisotopic (exact) mass is 237 g/mol. The highest BCUT2D eigenvalue weighted by Gasteiger charge is 2.21. The molecule has 4 nitrogen and oxygen atoms in total. The minimum absolute atomic E-state index is 0.190. The number of rotatable bonds is 6. The molecular formula is C13H19NO3. The summed E-state index contributed by atoms with van der Waals surface area (Å²) in [7, 11) is 1.58. The fourth-order valence-electron chi connectivity index (χ4n) is 1.69. The summed E-state index contributed by atoms with van der Waals surface area (Å²) in [6, 6.07) is 1.84. The van der Waals surface area contributed by atoms with Gasteiger partial charge in [0.1, 0.15) is 5.75 Å². The van der Waals surface area contributed by atoms with Crippen molar-refractivity contribution in [1.29, 1.82) is 0 Å². The lowest BCUT2D eigenvalue weighted by atomic mass is 9.96. The van der Waals surface area contributed by atoms with Crippen molar-refractivity contribution < 1.29 is 14.3 Å². The first-order valence-electron chi connectivity index (χ1n) is 5.88. The molecule has 0 radical (unpaired) electrons. The Morgan fingerprint density at radius 2 is 2.18 bits per heavy atom. The number of hydrogen-bond acceptors (Lipinski definition) is 4. The summed E-state index contributed by atoms with van der Waals surface area (Å²) in [5.74, 6) is 0.222. The van der Waals surface area contributed by atoms with Crippen LogP contribution >= 0.6 is 0 Å². The van der Waals surface area contributed by atoms with Crippen LogP contribution in [0.2, 0.25) is 0 Å². The van der Waals surface area contributed by atoms with Gasteiger partial charge in [-0.2, -0.15) is 0 Å². The van der Waals surface area contributed by atoms with E-state index in [4.69, 9.17) is 9.47 Å². The number of nitrogens with zero attached hydrogens (tertiary/aromatic N) is 1. The fourth-order valence-corrected chi connectivity index (χ4v) is 1.69. The van der Waals surface area contributed by atoms with E-state index in [1.54, 1.807) is 19.5 Å². The number of ether oxygens (including phenoxy) is 2. The Hall–Kier alpha value is -1.58. The number of hydrogen-bond donors (Lipinski definition) is 0. The predicted molar refractivity (Wildman–Crippen MR) is 65.1 cm³/mol. The van der Waals surface area contributed by atoms with Crippen LogP contribution in [-0.4, -0.2) is 24.7 Å². The summed E-state index contributed by atoms with van der Waals surface area (Å²) in [5, 5.41) is 0. The molecule has 4 heteroatoms. The molecule has 0 bridgehead atoms. The largest absolute Gasteiger partial charge is 0.495 e. The Morgan fingerprint density at radius 3 is 2.76 bits per heavy atom. The van der Waals surface area contributed by atoms with Gasteiger partial charge in [0, 0.05) is 6.20 Å². The zero-order valence-electron chi connectivity index (χ0n) is 10.6. The van der Waals surface area contributed by atoms with E-state index in [2.05, 4.69) is 4.98 Å². The van der Waals surface area contributed by atoms with Gasteiger partial charge in [0.15, 0.2) is 0 Å². The lowest BCUT2D eigenvalue weighted by Crippen LogP contribution is -2.16. The summed E-state index contributed by atoms with van der Waals surface area (Å²) < 4.78 is 10.2. The van der Waals surface area contributed by atoms with Gasteiger partial charge in [-0.05, 0) is 25.0 Å². The van der Waals surface area contributed by atoms with Crippen LogP contribution in [-0.2, 0) is 9.53 Å². The maximum atomic E-state index is 11.8. The molecule has 0 aromatic carbocycles. The molecule has 0 spiro atoms. The minimum atomic E-state index is -0.248. The second-order valence-electron chi connectivity index (χ2n) is 3.75. The van der Waals surface area contributed by atoms with Crippen LogP contribution in [0.25, 0.3) is 0 Å². The molecule has 0 aliphatic heterocycles. The van der Waals surface area contributed by atoms with Gasteiger partial charge in [-0.3, -0.25) is 9.78 Å². The van der Waals surface area contributed by atoms with Crippen molar-refractivity contribution in [3.63, 3.8) is 0 Å². The number of esters is 1. The summed E-state index contributed by atoms with van der Waals surface area (Å²) in [6.07, 6.45) is 4.99. The van der Waals surface area contributed by atoms with Crippen molar-refractivity contribution in [2.75, 3.05) is 13.7 Å². The van der Waals surface area contributed by atoms with Crippen molar-refractivity contribution in [3.8, 4) is 5.75 Å². The number of methoxy groups -OCH3 is 1. The third-order valence-electron chi connectivity index (χ3n) is 2.52. The molecule has 1 rings (SSSR count). The molecule has 1 aromatic heterocycles. The maximum Gasteiger partial charge on any atom is 0.313 e. The number of pyridine rings is 1. The Bertz CT molecular complexity index is 365. The van der Waals surface area contributed by atoms with Crippen LogP contribution in [0.4, 0.5) is 0 Å².